The number of amides is 2. The zero-order chi connectivity index (χ0) is 14.6. The number of hydrogen-bond donors (Lipinski definition) is 2. The summed E-state index contributed by atoms with van der Waals surface area (Å²) in [5.41, 5.74) is 5.50. The van der Waals surface area contributed by atoms with Crippen LogP contribution in [0.5, 0.6) is 0 Å². The molecule has 1 rings (SSSR count). The summed E-state index contributed by atoms with van der Waals surface area (Å²) in [6, 6.07) is 4.89. The first-order chi connectivity index (χ1) is 8.81. The number of nitrogens with zero attached hydrogens (tertiary/aromatic N) is 1. The molecule has 0 saturated heterocycles. The Balaban J connectivity index is 3.03. The molecule has 19 heavy (non-hydrogen) atoms. The molecule has 1 aromatic carbocycles. The van der Waals surface area contributed by atoms with Crippen molar-refractivity contribution in [2.75, 3.05) is 13.1 Å². The smallest absolute Gasteiger partial charge is 0.255 e. The number of halogens is 1. The third-order valence-electron chi connectivity index (χ3n) is 2.40. The third kappa shape index (κ3) is 4.76. The number of thiol groups is 1. The van der Waals surface area contributed by atoms with Crippen molar-refractivity contribution in [1.82, 2.24) is 4.90 Å². The summed E-state index contributed by atoms with van der Waals surface area (Å²) in [7, 11) is 0. The predicted octanol–water partition coefficient (Wildman–Crippen LogP) is 2.21. The molecule has 0 aliphatic rings. The third-order valence-corrected chi connectivity index (χ3v) is 3.01. The largest absolute Gasteiger partial charge is 0.368 e. The molecule has 0 spiro atoms. The van der Waals surface area contributed by atoms with Crippen LogP contribution in [0.15, 0.2) is 23.1 Å². The molecule has 0 radical (unpaired) electrons. The fourth-order valence-corrected chi connectivity index (χ4v) is 2.10. The van der Waals surface area contributed by atoms with Gasteiger partial charge >= 0.3 is 0 Å². The molecule has 6 heteroatoms. The van der Waals surface area contributed by atoms with E-state index in [9.17, 15) is 9.59 Å². The van der Waals surface area contributed by atoms with Gasteiger partial charge < -0.3 is 10.6 Å². The molecule has 0 unspecified atom stereocenters. The van der Waals surface area contributed by atoms with Crippen LogP contribution in [-0.4, -0.2) is 29.8 Å². The highest BCUT2D eigenvalue weighted by Gasteiger charge is 2.21. The average molecular weight is 301 g/mol. The van der Waals surface area contributed by atoms with Gasteiger partial charge in [-0.25, -0.2) is 0 Å². The molecule has 0 bridgehead atoms. The minimum absolute atomic E-state index is 0.121. The molecule has 104 valence electrons. The number of nitrogens with two attached hydrogens (primary N) is 1. The molecule has 0 aliphatic carbocycles. The second-order valence-corrected chi connectivity index (χ2v) is 5.63. The first-order valence-corrected chi connectivity index (χ1v) is 6.70. The van der Waals surface area contributed by atoms with Crippen molar-refractivity contribution in [2.45, 2.75) is 18.7 Å². The van der Waals surface area contributed by atoms with Gasteiger partial charge in [0.05, 0.1) is 17.1 Å². The summed E-state index contributed by atoms with van der Waals surface area (Å²) in [6.45, 7) is 4.23. The Morgan fingerprint density at radius 2 is 2.05 bits per heavy atom. The van der Waals surface area contributed by atoms with E-state index in [1.165, 1.54) is 4.90 Å². The Hall–Kier alpha value is -1.20. The first-order valence-electron chi connectivity index (χ1n) is 5.87. The monoisotopic (exact) mass is 300 g/mol. The van der Waals surface area contributed by atoms with Crippen LogP contribution in [-0.2, 0) is 4.79 Å². The Morgan fingerprint density at radius 1 is 1.42 bits per heavy atom. The first kappa shape index (κ1) is 15.9. The van der Waals surface area contributed by atoms with Crippen molar-refractivity contribution < 1.29 is 9.59 Å². The highest BCUT2D eigenvalue weighted by atomic mass is 35.5. The maximum Gasteiger partial charge on any atom is 0.255 e. The van der Waals surface area contributed by atoms with Gasteiger partial charge in [-0.1, -0.05) is 25.4 Å². The van der Waals surface area contributed by atoms with Crippen LogP contribution in [0, 0.1) is 5.92 Å². The number of benzene rings is 1. The lowest BCUT2D eigenvalue weighted by Crippen LogP contribution is -2.40. The zero-order valence-corrected chi connectivity index (χ0v) is 12.5. The van der Waals surface area contributed by atoms with Crippen molar-refractivity contribution in [1.29, 1.82) is 0 Å². The van der Waals surface area contributed by atoms with E-state index in [0.717, 1.165) is 0 Å². The molecular weight excluding hydrogens is 284 g/mol. The summed E-state index contributed by atoms with van der Waals surface area (Å²) in [4.78, 5) is 25.5. The maximum atomic E-state index is 12.4. The molecule has 0 fully saturated rings. The molecule has 0 atom stereocenters. The highest BCUT2D eigenvalue weighted by Crippen LogP contribution is 2.21. The molecule has 2 amide bonds. The fraction of sp³-hybridized carbons (Fsp3) is 0.385. The van der Waals surface area contributed by atoms with Gasteiger partial charge in [0.1, 0.15) is 0 Å². The van der Waals surface area contributed by atoms with Gasteiger partial charge in [-0.05, 0) is 24.1 Å². The fourth-order valence-electron chi connectivity index (χ4n) is 1.70. The molecule has 0 aromatic heterocycles. The Bertz CT molecular complexity index is 492. The number of primary amides is 1. The van der Waals surface area contributed by atoms with Crippen molar-refractivity contribution in [3.8, 4) is 0 Å². The van der Waals surface area contributed by atoms with Crippen molar-refractivity contribution in [2.24, 2.45) is 11.7 Å². The molecule has 0 saturated carbocycles. The van der Waals surface area contributed by atoms with Gasteiger partial charge in [0.15, 0.2) is 0 Å². The van der Waals surface area contributed by atoms with E-state index >= 15 is 0 Å². The normalized spacial score (nSPS) is 10.6. The minimum Gasteiger partial charge on any atom is -0.368 e. The van der Waals surface area contributed by atoms with Crippen LogP contribution in [0.3, 0.4) is 0 Å². The lowest BCUT2D eigenvalue weighted by Gasteiger charge is -2.23. The van der Waals surface area contributed by atoms with Crippen LogP contribution in [0.1, 0.15) is 24.2 Å². The predicted molar refractivity (Wildman–Crippen MR) is 78.6 cm³/mol. The van der Waals surface area contributed by atoms with E-state index in [1.54, 1.807) is 18.2 Å². The summed E-state index contributed by atoms with van der Waals surface area (Å²) < 4.78 is 0. The average Bonchev–Trinajstić information content (AvgIpc) is 2.29. The topological polar surface area (TPSA) is 63.4 Å². The zero-order valence-electron chi connectivity index (χ0n) is 10.9. The Morgan fingerprint density at radius 3 is 2.58 bits per heavy atom. The number of hydrogen-bond acceptors (Lipinski definition) is 3. The van der Waals surface area contributed by atoms with Crippen molar-refractivity contribution in [3.63, 3.8) is 0 Å². The standard InChI is InChI=1S/C13H17ClN2O2S/c1-8(2)6-16(7-12(15)17)13(18)10-5-9(19)3-4-11(10)14/h3-5,8,19H,6-7H2,1-2H3,(H2,15,17). The highest BCUT2D eigenvalue weighted by molar-refractivity contribution is 7.80. The molecule has 4 nitrogen and oxygen atoms in total. The molecule has 0 heterocycles. The quantitative estimate of drug-likeness (QED) is 0.819. The summed E-state index contributed by atoms with van der Waals surface area (Å²) in [5.74, 6) is -0.637. The van der Waals surface area contributed by atoms with Gasteiger partial charge in [0.2, 0.25) is 5.91 Å². The van der Waals surface area contributed by atoms with Crippen LogP contribution < -0.4 is 5.73 Å². The van der Waals surface area contributed by atoms with E-state index in [0.29, 0.717) is 22.0 Å². The van der Waals surface area contributed by atoms with Gasteiger partial charge in [-0.15, -0.1) is 12.6 Å². The van der Waals surface area contributed by atoms with Crippen molar-refractivity contribution in [3.05, 3.63) is 28.8 Å². The van der Waals surface area contributed by atoms with E-state index in [1.807, 2.05) is 13.8 Å². The second-order valence-electron chi connectivity index (χ2n) is 4.71. The second kappa shape index (κ2) is 6.82. The molecular formula is C13H17ClN2O2S. The van der Waals surface area contributed by atoms with Crippen LogP contribution in [0.2, 0.25) is 5.02 Å². The summed E-state index contributed by atoms with van der Waals surface area (Å²) >= 11 is 10.2. The van der Waals surface area contributed by atoms with Gasteiger partial charge in [0, 0.05) is 11.4 Å². The minimum atomic E-state index is -0.549. The van der Waals surface area contributed by atoms with Gasteiger partial charge in [-0.3, -0.25) is 9.59 Å². The van der Waals surface area contributed by atoms with Crippen LogP contribution >= 0.6 is 24.2 Å². The van der Waals surface area contributed by atoms with Crippen LogP contribution in [0.4, 0.5) is 0 Å². The van der Waals surface area contributed by atoms with Gasteiger partial charge in [-0.2, -0.15) is 0 Å². The lowest BCUT2D eigenvalue weighted by molar-refractivity contribution is -0.118. The van der Waals surface area contributed by atoms with E-state index < -0.39 is 5.91 Å². The molecule has 2 N–H and O–H groups in total. The van der Waals surface area contributed by atoms with Crippen LogP contribution in [0.25, 0.3) is 0 Å². The van der Waals surface area contributed by atoms with Gasteiger partial charge in [0.25, 0.3) is 5.91 Å². The van der Waals surface area contributed by atoms with E-state index in [-0.39, 0.29) is 18.4 Å². The van der Waals surface area contributed by atoms with E-state index in [2.05, 4.69) is 12.6 Å². The summed E-state index contributed by atoms with van der Waals surface area (Å²) in [6.07, 6.45) is 0. The number of rotatable bonds is 5. The molecule has 1 aromatic rings. The van der Waals surface area contributed by atoms with E-state index in [4.69, 9.17) is 17.3 Å². The summed E-state index contributed by atoms with van der Waals surface area (Å²) in [5, 5.41) is 0.334. The number of carbonyl (C=O) groups excluding carboxylic acids is 2. The molecule has 0 aliphatic heterocycles. The van der Waals surface area contributed by atoms with Crippen molar-refractivity contribution >= 4 is 36.0 Å². The Kier molecular flexibility index (Phi) is 5.69. The Labute approximate surface area is 123 Å². The lowest BCUT2D eigenvalue weighted by atomic mass is 10.1. The maximum absolute atomic E-state index is 12.4. The number of carbonyl (C=O) groups is 2. The SMILES string of the molecule is CC(C)CN(CC(N)=O)C(=O)c1cc(S)ccc1Cl.